The van der Waals surface area contributed by atoms with Gasteiger partial charge >= 0.3 is 0 Å². The maximum Gasteiger partial charge on any atom is 0.0754 e. The average Bonchev–Trinajstić information content (AvgIpc) is 4.02. The minimum absolute atomic E-state index is 0.151. The number of allylic oxidation sites excluding steroid dienone is 4. The number of para-hydroxylation sites is 3. The molecule has 14 rings (SSSR count). The highest BCUT2D eigenvalue weighted by Crippen LogP contribution is 2.61. The van der Waals surface area contributed by atoms with Crippen LogP contribution in [0.25, 0.3) is 55.3 Å². The van der Waals surface area contributed by atoms with Crippen LogP contribution in [0.5, 0.6) is 0 Å². The molecule has 73 heavy (non-hydrogen) atoms. The van der Waals surface area contributed by atoms with E-state index in [1.54, 1.807) is 0 Å². The van der Waals surface area contributed by atoms with E-state index in [-0.39, 0.29) is 10.8 Å². The van der Waals surface area contributed by atoms with Crippen LogP contribution >= 0.6 is 0 Å². The lowest BCUT2D eigenvalue weighted by molar-refractivity contribution is 0.660. The summed E-state index contributed by atoms with van der Waals surface area (Å²) in [7, 11) is 0. The van der Waals surface area contributed by atoms with Crippen molar-refractivity contribution < 1.29 is 0 Å². The Morgan fingerprint density at radius 3 is 1.67 bits per heavy atom. The SMILES string of the molecule is CC.CC(C)c1ccc2c(c1)C1(c3ccccc3-2)c2ccccc2-n2c3ccccc3c3cccc1c32.CC1=CC=C(c2ccccc2)CC1.Cc1ccc2c(c1)C(C)(C)c1ccccc1-2.Cc1ccccc1. The van der Waals surface area contributed by atoms with Gasteiger partial charge in [-0.2, -0.15) is 0 Å². The maximum atomic E-state index is 2.51. The Morgan fingerprint density at radius 1 is 0.425 bits per heavy atom. The van der Waals surface area contributed by atoms with Crippen molar-refractivity contribution in [1.29, 1.82) is 0 Å². The quantitative estimate of drug-likeness (QED) is 0.163. The van der Waals surface area contributed by atoms with E-state index in [2.05, 4.69) is 259 Å². The summed E-state index contributed by atoms with van der Waals surface area (Å²) < 4.78 is 2.51. The molecule has 1 atom stereocenters. The summed E-state index contributed by atoms with van der Waals surface area (Å²) in [4.78, 5) is 0. The van der Waals surface area contributed by atoms with Gasteiger partial charge in [-0.15, -0.1) is 0 Å². The van der Waals surface area contributed by atoms with Crippen molar-refractivity contribution in [2.24, 2.45) is 0 Å². The van der Waals surface area contributed by atoms with E-state index < -0.39 is 0 Å². The number of aromatic nitrogens is 1. The molecule has 4 aliphatic rings. The fraction of sp³-hybridized carbons (Fsp3) is 0.194. The Hall–Kier alpha value is -7.74. The van der Waals surface area contributed by atoms with E-state index in [1.165, 1.54) is 129 Å². The summed E-state index contributed by atoms with van der Waals surface area (Å²) in [6.07, 6.45) is 6.87. The molecular weight excluding hydrogens is 879 g/mol. The fourth-order valence-electron chi connectivity index (χ4n) is 11.9. The first kappa shape index (κ1) is 48.9. The second-order valence-electron chi connectivity index (χ2n) is 20.8. The van der Waals surface area contributed by atoms with Gasteiger partial charge in [0.1, 0.15) is 0 Å². The van der Waals surface area contributed by atoms with Gasteiger partial charge in [0.25, 0.3) is 0 Å². The lowest BCUT2D eigenvalue weighted by Crippen LogP contribution is -2.33. The predicted molar refractivity (Wildman–Crippen MR) is 314 cm³/mol. The Bertz CT molecular complexity index is 3670. The number of aryl methyl sites for hydroxylation is 2. The Morgan fingerprint density at radius 2 is 0.986 bits per heavy atom. The van der Waals surface area contributed by atoms with Crippen molar-refractivity contribution in [1.82, 2.24) is 4.57 Å². The summed E-state index contributed by atoms with van der Waals surface area (Å²) in [5.41, 5.74) is 26.1. The Balaban J connectivity index is 0.000000132. The summed E-state index contributed by atoms with van der Waals surface area (Å²) in [5, 5.41) is 2.65. The molecule has 0 saturated carbocycles. The summed E-state index contributed by atoms with van der Waals surface area (Å²) in [6, 6.07) is 77.5. The van der Waals surface area contributed by atoms with Crippen molar-refractivity contribution in [2.45, 2.75) is 91.9 Å². The van der Waals surface area contributed by atoms with E-state index in [1.807, 2.05) is 32.0 Å². The summed E-state index contributed by atoms with van der Waals surface area (Å²) in [5.74, 6) is 0.474. The molecule has 2 heterocycles. The van der Waals surface area contributed by atoms with Gasteiger partial charge in [0.05, 0.1) is 22.1 Å². The zero-order valence-corrected chi connectivity index (χ0v) is 44.3. The highest BCUT2D eigenvalue weighted by atomic mass is 15.0. The fourth-order valence-corrected chi connectivity index (χ4v) is 11.9. The minimum atomic E-state index is -0.336. The second kappa shape index (κ2) is 20.4. The summed E-state index contributed by atoms with van der Waals surface area (Å²) >= 11 is 0. The van der Waals surface area contributed by atoms with Gasteiger partial charge in [-0.25, -0.2) is 0 Å². The first-order chi connectivity index (χ1) is 35.6. The maximum absolute atomic E-state index is 2.51. The lowest BCUT2D eigenvalue weighted by atomic mass is 9.65. The van der Waals surface area contributed by atoms with Gasteiger partial charge in [0, 0.05) is 16.2 Å². The van der Waals surface area contributed by atoms with Crippen LogP contribution in [0.1, 0.15) is 123 Å². The van der Waals surface area contributed by atoms with Crippen LogP contribution in [-0.2, 0) is 10.8 Å². The number of rotatable bonds is 2. The van der Waals surface area contributed by atoms with E-state index in [0.717, 1.165) is 0 Å². The molecule has 0 amide bonds. The van der Waals surface area contributed by atoms with E-state index >= 15 is 0 Å². The molecule has 1 unspecified atom stereocenters. The van der Waals surface area contributed by atoms with Crippen LogP contribution in [0, 0.1) is 13.8 Å². The molecule has 10 aromatic rings. The number of nitrogens with zero attached hydrogens (tertiary/aromatic N) is 1. The summed E-state index contributed by atoms with van der Waals surface area (Å²) in [6.45, 7) is 19.7. The van der Waals surface area contributed by atoms with Crippen LogP contribution in [0.4, 0.5) is 0 Å². The molecule has 1 spiro atoms. The van der Waals surface area contributed by atoms with Crippen LogP contribution < -0.4 is 0 Å². The molecule has 0 radical (unpaired) electrons. The molecule has 3 aliphatic carbocycles. The van der Waals surface area contributed by atoms with E-state index in [4.69, 9.17) is 0 Å². The van der Waals surface area contributed by atoms with Gasteiger partial charge in [0.15, 0.2) is 0 Å². The third-order valence-corrected chi connectivity index (χ3v) is 15.6. The van der Waals surface area contributed by atoms with E-state index in [0.29, 0.717) is 5.92 Å². The largest absolute Gasteiger partial charge is 0.309 e. The third-order valence-electron chi connectivity index (χ3n) is 15.6. The molecule has 0 N–H and O–H groups in total. The molecule has 1 aliphatic heterocycles. The molecule has 1 nitrogen and oxygen atoms in total. The van der Waals surface area contributed by atoms with Gasteiger partial charge in [-0.3, -0.25) is 0 Å². The zero-order chi connectivity index (χ0) is 50.9. The first-order valence-electron chi connectivity index (χ1n) is 26.6. The van der Waals surface area contributed by atoms with Crippen LogP contribution in [-0.4, -0.2) is 4.57 Å². The number of benzene rings is 9. The zero-order valence-electron chi connectivity index (χ0n) is 44.3. The second-order valence-corrected chi connectivity index (χ2v) is 20.8. The van der Waals surface area contributed by atoms with Gasteiger partial charge in [-0.05, 0) is 124 Å². The molecular formula is C72H69N. The normalized spacial score (nSPS) is 15.5. The molecule has 0 bridgehead atoms. The number of hydrogen-bond acceptors (Lipinski definition) is 0. The van der Waals surface area contributed by atoms with Crippen molar-refractivity contribution in [3.8, 4) is 27.9 Å². The first-order valence-corrected chi connectivity index (χ1v) is 26.6. The monoisotopic (exact) mass is 948 g/mol. The van der Waals surface area contributed by atoms with E-state index in [9.17, 15) is 0 Å². The molecule has 362 valence electrons. The van der Waals surface area contributed by atoms with Crippen LogP contribution in [0.3, 0.4) is 0 Å². The van der Waals surface area contributed by atoms with Crippen LogP contribution in [0.2, 0.25) is 0 Å². The minimum Gasteiger partial charge on any atom is -0.309 e. The highest BCUT2D eigenvalue weighted by molar-refractivity contribution is 6.12. The van der Waals surface area contributed by atoms with Crippen molar-refractivity contribution in [3.05, 3.63) is 286 Å². The van der Waals surface area contributed by atoms with Crippen LogP contribution in [0.15, 0.2) is 230 Å². The van der Waals surface area contributed by atoms with Crippen molar-refractivity contribution in [3.63, 3.8) is 0 Å². The average molecular weight is 948 g/mol. The third kappa shape index (κ3) is 8.59. The Labute approximate surface area is 435 Å². The standard InChI is InChI=1S/C34H25N.C16H16.C13H14.C7H8.C2H6/c1-21(2)22-18-19-24-23-10-3-5-13-27(23)34(30(24)20-22)28-14-6-8-17-32(28)35-31-16-7-4-11-25(31)26-12-9-15-29(34)33(26)35;1-11-8-9-13-12-6-4-5-7-14(12)16(2,3)15(13)10-11;1-11-7-9-13(10-8-11)12-5-3-2-4-6-12;1-7-5-3-2-4-6-7;1-2/h3-21H,1-2H3;4-10H,1-3H3;2-7,9H,8,10H2,1H3;2-6H,1H3;1-2H3. The van der Waals surface area contributed by atoms with Gasteiger partial charge in [-0.1, -0.05) is 271 Å². The predicted octanol–water partition coefficient (Wildman–Crippen LogP) is 19.7. The number of hydrogen-bond donors (Lipinski definition) is 0. The lowest BCUT2D eigenvalue weighted by Gasteiger charge is -2.39. The molecule has 1 heteroatoms. The molecule has 0 saturated heterocycles. The molecule has 1 aromatic heterocycles. The highest BCUT2D eigenvalue weighted by Gasteiger charge is 2.50. The molecule has 9 aromatic carbocycles. The topological polar surface area (TPSA) is 4.93 Å². The van der Waals surface area contributed by atoms with Crippen molar-refractivity contribution in [2.75, 3.05) is 0 Å². The van der Waals surface area contributed by atoms with Gasteiger partial charge in [0.2, 0.25) is 0 Å². The Kier molecular flexibility index (Phi) is 13.7. The smallest absolute Gasteiger partial charge is 0.0754 e. The van der Waals surface area contributed by atoms with Crippen molar-refractivity contribution >= 4 is 27.4 Å². The van der Waals surface area contributed by atoms with Gasteiger partial charge < -0.3 is 4.57 Å². The number of fused-ring (bicyclic) bond motifs is 15. The molecule has 0 fully saturated rings.